The van der Waals surface area contributed by atoms with Crippen LogP contribution in [0.25, 0.3) is 68.3 Å². The van der Waals surface area contributed by atoms with Crippen LogP contribution < -0.4 is 0 Å². The zero-order valence-electron chi connectivity index (χ0n) is 30.0. The SMILES string of the molecule is c1ccc(-c2nc(-c3ccccc3)nc(-c3ccc4c(c3)C3c5ccccc5C4c4cc(-c5nc(-c6ccccc6)nc(-c6ccncc6)n5)ccc43)n2)cc1. The molecule has 3 aliphatic carbocycles. The minimum atomic E-state index is 0.0448. The van der Waals surface area contributed by atoms with Crippen LogP contribution in [0.3, 0.4) is 0 Å². The average molecular weight is 718 g/mol. The summed E-state index contributed by atoms with van der Waals surface area (Å²) in [4.78, 5) is 34.2. The predicted molar refractivity (Wildman–Crippen MR) is 218 cm³/mol. The third kappa shape index (κ3) is 5.40. The van der Waals surface area contributed by atoms with Gasteiger partial charge in [0.15, 0.2) is 34.9 Å². The molecule has 0 saturated carbocycles. The molecule has 9 aromatic rings. The Morgan fingerprint density at radius 3 is 0.929 bits per heavy atom. The van der Waals surface area contributed by atoms with E-state index in [2.05, 4.69) is 65.6 Å². The molecule has 0 fully saturated rings. The van der Waals surface area contributed by atoms with E-state index < -0.39 is 0 Å². The Labute approximate surface area is 323 Å². The molecule has 3 aromatic heterocycles. The van der Waals surface area contributed by atoms with Crippen LogP contribution in [0.5, 0.6) is 0 Å². The van der Waals surface area contributed by atoms with Crippen molar-refractivity contribution in [3.05, 3.63) is 210 Å². The van der Waals surface area contributed by atoms with Crippen molar-refractivity contribution < 1.29 is 0 Å². The first-order valence-electron chi connectivity index (χ1n) is 18.7. The van der Waals surface area contributed by atoms with E-state index in [-0.39, 0.29) is 11.8 Å². The van der Waals surface area contributed by atoms with E-state index in [1.807, 2.05) is 103 Å². The summed E-state index contributed by atoms with van der Waals surface area (Å²) >= 11 is 0. The molecule has 0 N–H and O–H groups in total. The third-order valence-corrected chi connectivity index (χ3v) is 10.9. The van der Waals surface area contributed by atoms with Crippen molar-refractivity contribution in [2.24, 2.45) is 0 Å². The summed E-state index contributed by atoms with van der Waals surface area (Å²) < 4.78 is 0. The van der Waals surface area contributed by atoms with Crippen LogP contribution in [-0.4, -0.2) is 34.9 Å². The summed E-state index contributed by atoms with van der Waals surface area (Å²) in [6.07, 6.45) is 3.53. The van der Waals surface area contributed by atoms with Gasteiger partial charge in [-0.05, 0) is 57.6 Å². The van der Waals surface area contributed by atoms with E-state index in [0.717, 1.165) is 33.4 Å². The lowest BCUT2D eigenvalue weighted by atomic mass is 9.61. The largest absolute Gasteiger partial charge is 0.265 e. The maximum absolute atomic E-state index is 5.06. The Bertz CT molecular complexity index is 2600. The number of hydrogen-bond donors (Lipinski definition) is 0. The molecule has 7 nitrogen and oxygen atoms in total. The third-order valence-electron chi connectivity index (χ3n) is 10.9. The quantitative estimate of drug-likeness (QED) is 0.169. The van der Waals surface area contributed by atoms with E-state index >= 15 is 0 Å². The number of hydrogen-bond acceptors (Lipinski definition) is 7. The van der Waals surface area contributed by atoms with Crippen molar-refractivity contribution in [3.8, 4) is 68.3 Å². The van der Waals surface area contributed by atoms with Crippen molar-refractivity contribution in [2.75, 3.05) is 0 Å². The second-order valence-electron chi connectivity index (χ2n) is 14.1. The van der Waals surface area contributed by atoms with E-state index in [1.165, 1.54) is 33.4 Å². The van der Waals surface area contributed by atoms with Gasteiger partial charge in [-0.1, -0.05) is 140 Å². The van der Waals surface area contributed by atoms with E-state index in [4.69, 9.17) is 29.9 Å². The molecule has 2 unspecified atom stereocenters. The molecule has 0 radical (unpaired) electrons. The Balaban J connectivity index is 1.05. The molecule has 2 atom stereocenters. The van der Waals surface area contributed by atoms with Gasteiger partial charge in [0.25, 0.3) is 0 Å². The highest BCUT2D eigenvalue weighted by Gasteiger charge is 2.41. The predicted octanol–water partition coefficient (Wildman–Crippen LogP) is 10.4. The summed E-state index contributed by atoms with van der Waals surface area (Å²) in [6, 6.07) is 56.5. The number of aromatic nitrogens is 7. The van der Waals surface area contributed by atoms with Gasteiger partial charge in [-0.3, -0.25) is 4.98 Å². The maximum Gasteiger partial charge on any atom is 0.164 e. The molecule has 3 aliphatic rings. The Hall–Kier alpha value is -7.51. The fourth-order valence-corrected chi connectivity index (χ4v) is 8.28. The lowest BCUT2D eigenvalue weighted by Crippen LogP contribution is -2.27. The molecule has 6 aromatic carbocycles. The lowest BCUT2D eigenvalue weighted by Gasteiger charge is -2.42. The Morgan fingerprint density at radius 1 is 0.250 bits per heavy atom. The zero-order valence-corrected chi connectivity index (χ0v) is 30.0. The smallest absolute Gasteiger partial charge is 0.164 e. The minimum Gasteiger partial charge on any atom is -0.265 e. The van der Waals surface area contributed by atoms with Crippen molar-refractivity contribution in [1.29, 1.82) is 0 Å². The first-order valence-corrected chi connectivity index (χ1v) is 18.7. The second kappa shape index (κ2) is 13.1. The van der Waals surface area contributed by atoms with Crippen molar-refractivity contribution in [2.45, 2.75) is 11.8 Å². The number of rotatable bonds is 6. The van der Waals surface area contributed by atoms with Crippen LogP contribution in [0.1, 0.15) is 45.2 Å². The van der Waals surface area contributed by atoms with Gasteiger partial charge >= 0.3 is 0 Å². The molecule has 56 heavy (non-hydrogen) atoms. The average Bonchev–Trinajstić information content (AvgIpc) is 3.29. The number of benzene rings is 6. The molecule has 7 heteroatoms. The first kappa shape index (κ1) is 32.0. The van der Waals surface area contributed by atoms with Crippen LogP contribution >= 0.6 is 0 Å². The van der Waals surface area contributed by atoms with Gasteiger partial charge in [0.1, 0.15) is 0 Å². The van der Waals surface area contributed by atoms with Gasteiger partial charge in [-0.25, -0.2) is 29.9 Å². The van der Waals surface area contributed by atoms with Gasteiger partial charge in [0.05, 0.1) is 0 Å². The van der Waals surface area contributed by atoms with Gasteiger partial charge in [0.2, 0.25) is 0 Å². The van der Waals surface area contributed by atoms with Crippen LogP contribution in [0, 0.1) is 0 Å². The first-order chi connectivity index (χ1) is 27.7. The molecule has 3 heterocycles. The fraction of sp³-hybridized carbons (Fsp3) is 0.0408. The van der Waals surface area contributed by atoms with E-state index in [0.29, 0.717) is 34.9 Å². The summed E-state index contributed by atoms with van der Waals surface area (Å²) in [7, 11) is 0. The number of pyridine rings is 1. The zero-order chi connectivity index (χ0) is 37.0. The molecule has 2 bridgehead atoms. The molecule has 0 amide bonds. The van der Waals surface area contributed by atoms with Crippen LogP contribution in [0.2, 0.25) is 0 Å². The molecule has 262 valence electrons. The van der Waals surface area contributed by atoms with Crippen LogP contribution in [0.4, 0.5) is 0 Å². The summed E-state index contributed by atoms with van der Waals surface area (Å²) in [5.41, 5.74) is 13.4. The standard InChI is InChI=1S/C49H31N7/c1-4-12-30(13-5-1)44-51-45(31-14-6-2-7-15-31)54-48(53-44)34-20-22-38-40(28-34)42-36-18-10-11-19-37(36)43(38)41-29-35(21-23-39(41)42)49-55-46(32-16-8-3-9-17-32)52-47(56-49)33-24-26-50-27-25-33/h1-29,42-43H. The minimum absolute atomic E-state index is 0.0448. The van der Waals surface area contributed by atoms with Crippen molar-refractivity contribution >= 4 is 0 Å². The normalized spacial score (nSPS) is 14.8. The second-order valence-corrected chi connectivity index (χ2v) is 14.1. The van der Waals surface area contributed by atoms with Gasteiger partial charge < -0.3 is 0 Å². The van der Waals surface area contributed by atoms with Crippen LogP contribution in [0.15, 0.2) is 176 Å². The molecule has 0 saturated heterocycles. The molecule has 0 aliphatic heterocycles. The van der Waals surface area contributed by atoms with Gasteiger partial charge in [-0.15, -0.1) is 0 Å². The molecular formula is C49H31N7. The highest BCUT2D eigenvalue weighted by molar-refractivity contribution is 5.75. The lowest BCUT2D eigenvalue weighted by molar-refractivity contribution is 0.754. The highest BCUT2D eigenvalue weighted by Crippen LogP contribution is 2.56. The summed E-state index contributed by atoms with van der Waals surface area (Å²) in [5.74, 6) is 3.93. The van der Waals surface area contributed by atoms with Crippen molar-refractivity contribution in [1.82, 2.24) is 34.9 Å². The summed E-state index contributed by atoms with van der Waals surface area (Å²) in [5, 5.41) is 0. The Kier molecular flexibility index (Phi) is 7.48. The monoisotopic (exact) mass is 717 g/mol. The van der Waals surface area contributed by atoms with E-state index in [1.54, 1.807) is 12.4 Å². The Morgan fingerprint density at radius 2 is 0.554 bits per heavy atom. The van der Waals surface area contributed by atoms with Crippen LogP contribution in [-0.2, 0) is 0 Å². The molecule has 12 rings (SSSR count). The fourth-order valence-electron chi connectivity index (χ4n) is 8.28. The van der Waals surface area contributed by atoms with Gasteiger partial charge in [0, 0.05) is 57.6 Å². The highest BCUT2D eigenvalue weighted by atomic mass is 15.0. The molecular weight excluding hydrogens is 687 g/mol. The van der Waals surface area contributed by atoms with E-state index in [9.17, 15) is 0 Å². The van der Waals surface area contributed by atoms with Crippen molar-refractivity contribution in [3.63, 3.8) is 0 Å². The number of nitrogens with zero attached hydrogens (tertiary/aromatic N) is 7. The molecule has 0 spiro atoms. The van der Waals surface area contributed by atoms with Gasteiger partial charge in [-0.2, -0.15) is 0 Å². The summed E-state index contributed by atoms with van der Waals surface area (Å²) in [6.45, 7) is 0. The topological polar surface area (TPSA) is 90.2 Å². The maximum atomic E-state index is 5.06.